The summed E-state index contributed by atoms with van der Waals surface area (Å²) in [6, 6.07) is 7.90. The summed E-state index contributed by atoms with van der Waals surface area (Å²) in [6.07, 6.45) is 2.96. The molecule has 1 aromatic carbocycles. The number of hydrogen-bond acceptors (Lipinski definition) is 3. The highest BCUT2D eigenvalue weighted by Gasteiger charge is 2.54. The highest BCUT2D eigenvalue weighted by Crippen LogP contribution is 2.45. The van der Waals surface area contributed by atoms with E-state index >= 15 is 0 Å². The molecule has 1 aliphatic carbocycles. The molecule has 2 aliphatic heterocycles. The number of nitrogens with zero attached hydrogens (tertiary/aromatic N) is 1. The fourth-order valence-corrected chi connectivity index (χ4v) is 3.39. The minimum Gasteiger partial charge on any atom is -0.492 e. The van der Waals surface area contributed by atoms with E-state index in [1.54, 1.807) is 4.90 Å². The van der Waals surface area contributed by atoms with E-state index in [0.717, 1.165) is 30.6 Å². The van der Waals surface area contributed by atoms with Gasteiger partial charge in [0.15, 0.2) is 0 Å². The van der Waals surface area contributed by atoms with Gasteiger partial charge in [-0.1, -0.05) is 18.2 Å². The van der Waals surface area contributed by atoms with Gasteiger partial charge in [0.05, 0.1) is 19.0 Å². The van der Waals surface area contributed by atoms with Crippen molar-refractivity contribution in [2.45, 2.75) is 24.9 Å². The number of amides is 1. The van der Waals surface area contributed by atoms with Gasteiger partial charge in [-0.2, -0.15) is 0 Å². The Morgan fingerprint density at radius 1 is 1.30 bits per heavy atom. The van der Waals surface area contributed by atoms with Crippen LogP contribution in [0.15, 0.2) is 24.3 Å². The molecule has 1 N–H and O–H groups in total. The maximum absolute atomic E-state index is 12.5. The van der Waals surface area contributed by atoms with Gasteiger partial charge in [0.2, 0.25) is 5.91 Å². The number of likely N-dealkylation sites (tertiary alicyclic amines) is 1. The average Bonchev–Trinajstić information content (AvgIpc) is 3.27. The molecule has 1 saturated heterocycles. The zero-order valence-corrected chi connectivity index (χ0v) is 11.4. The molecule has 20 heavy (non-hydrogen) atoms. The summed E-state index contributed by atoms with van der Waals surface area (Å²) >= 11 is 0. The Labute approximate surface area is 118 Å². The minimum atomic E-state index is -0.594. The number of β-amino-alcohol motifs (C(OH)–C–C–N with tert-alkyl or cyclic N) is 1. The Bertz CT molecular complexity index is 546. The third kappa shape index (κ3) is 1.90. The molecule has 2 heterocycles. The van der Waals surface area contributed by atoms with Gasteiger partial charge < -0.3 is 14.7 Å². The van der Waals surface area contributed by atoms with Crippen molar-refractivity contribution in [3.8, 4) is 5.75 Å². The molecular weight excluding hydrogens is 254 g/mol. The molecule has 1 saturated carbocycles. The fraction of sp³-hybridized carbons (Fsp3) is 0.562. The molecular formula is C16H19NO3. The number of benzene rings is 1. The number of hydrogen-bond donors (Lipinski definition) is 1. The van der Waals surface area contributed by atoms with Crippen molar-refractivity contribution in [3.05, 3.63) is 29.8 Å². The van der Waals surface area contributed by atoms with Crippen LogP contribution in [-0.4, -0.2) is 41.2 Å². The van der Waals surface area contributed by atoms with Gasteiger partial charge in [-0.15, -0.1) is 0 Å². The number of rotatable bonds is 2. The molecule has 2 fully saturated rings. The first-order valence-corrected chi connectivity index (χ1v) is 7.37. The van der Waals surface area contributed by atoms with Crippen LogP contribution in [0.5, 0.6) is 5.75 Å². The van der Waals surface area contributed by atoms with Crippen LogP contribution >= 0.6 is 0 Å². The lowest BCUT2D eigenvalue weighted by atomic mass is 9.86. The highest BCUT2D eigenvalue weighted by molar-refractivity contribution is 5.81. The van der Waals surface area contributed by atoms with Gasteiger partial charge in [-0.3, -0.25) is 4.79 Å². The van der Waals surface area contributed by atoms with Crippen molar-refractivity contribution >= 4 is 5.91 Å². The summed E-state index contributed by atoms with van der Waals surface area (Å²) in [5.74, 6) is 1.35. The van der Waals surface area contributed by atoms with Crippen molar-refractivity contribution in [1.29, 1.82) is 0 Å². The maximum atomic E-state index is 12.5. The van der Waals surface area contributed by atoms with Crippen molar-refractivity contribution in [2.24, 2.45) is 11.8 Å². The summed E-state index contributed by atoms with van der Waals surface area (Å²) in [6.45, 7) is 1.47. The molecule has 0 radical (unpaired) electrons. The number of aliphatic hydroxyl groups is 1. The molecule has 0 spiro atoms. The summed E-state index contributed by atoms with van der Waals surface area (Å²) in [4.78, 5) is 14.2. The molecule has 0 aromatic heterocycles. The molecule has 4 heteroatoms. The van der Waals surface area contributed by atoms with Crippen molar-refractivity contribution in [1.82, 2.24) is 4.90 Å². The summed E-state index contributed by atoms with van der Waals surface area (Å²) in [7, 11) is 0. The van der Waals surface area contributed by atoms with Gasteiger partial charge in [-0.25, -0.2) is 0 Å². The average molecular weight is 273 g/mol. The number of ether oxygens (including phenoxy) is 1. The van der Waals surface area contributed by atoms with Crippen LogP contribution in [-0.2, 0) is 11.2 Å². The maximum Gasteiger partial charge on any atom is 0.229 e. The number of fused-ring (bicyclic) bond motifs is 1. The monoisotopic (exact) mass is 273 g/mol. The quantitative estimate of drug-likeness (QED) is 0.881. The number of carbonyl (C=O) groups is 1. The van der Waals surface area contributed by atoms with Gasteiger partial charge in [0, 0.05) is 0 Å². The van der Waals surface area contributed by atoms with Crippen LogP contribution in [0.25, 0.3) is 0 Å². The van der Waals surface area contributed by atoms with E-state index < -0.39 is 5.60 Å². The second-order valence-corrected chi connectivity index (χ2v) is 6.39. The Kier molecular flexibility index (Phi) is 2.58. The molecule has 1 amide bonds. The molecule has 3 aliphatic rings. The third-order valence-electron chi connectivity index (χ3n) is 4.81. The van der Waals surface area contributed by atoms with E-state index in [-0.39, 0.29) is 11.8 Å². The van der Waals surface area contributed by atoms with Gasteiger partial charge in [-0.05, 0) is 36.8 Å². The smallest absolute Gasteiger partial charge is 0.229 e. The van der Waals surface area contributed by atoms with Crippen LogP contribution < -0.4 is 4.74 Å². The van der Waals surface area contributed by atoms with Crippen LogP contribution in [0.3, 0.4) is 0 Å². The lowest BCUT2D eigenvalue weighted by molar-refractivity contribution is -0.164. The fourth-order valence-electron chi connectivity index (χ4n) is 3.39. The second kappa shape index (κ2) is 4.22. The van der Waals surface area contributed by atoms with Crippen molar-refractivity contribution in [2.75, 3.05) is 19.7 Å². The van der Waals surface area contributed by atoms with Crippen LogP contribution in [0.1, 0.15) is 18.4 Å². The summed E-state index contributed by atoms with van der Waals surface area (Å²) in [5.41, 5.74) is 0.512. The largest absolute Gasteiger partial charge is 0.492 e. The Morgan fingerprint density at radius 3 is 2.80 bits per heavy atom. The zero-order chi connectivity index (χ0) is 13.7. The van der Waals surface area contributed by atoms with Gasteiger partial charge in [0.25, 0.3) is 0 Å². The van der Waals surface area contributed by atoms with E-state index in [4.69, 9.17) is 4.74 Å². The standard InChI is InChI=1S/C16H19NO3/c18-15(17-9-16(19,10-17)13-5-6-13)12-7-11-3-1-2-4-14(11)20-8-12/h1-4,12-13,19H,5-10H2. The number of carbonyl (C=O) groups excluding carboxylic acids is 1. The van der Waals surface area contributed by atoms with E-state index in [0.29, 0.717) is 25.6 Å². The molecule has 1 unspecified atom stereocenters. The van der Waals surface area contributed by atoms with Crippen molar-refractivity contribution < 1.29 is 14.6 Å². The van der Waals surface area contributed by atoms with Gasteiger partial charge in [0.1, 0.15) is 18.0 Å². The molecule has 106 valence electrons. The second-order valence-electron chi connectivity index (χ2n) is 6.39. The first-order valence-electron chi connectivity index (χ1n) is 7.37. The topological polar surface area (TPSA) is 49.8 Å². The molecule has 4 nitrogen and oxygen atoms in total. The first-order chi connectivity index (χ1) is 9.66. The summed E-state index contributed by atoms with van der Waals surface area (Å²) < 4.78 is 5.68. The molecule has 0 bridgehead atoms. The first kappa shape index (κ1) is 12.2. The lowest BCUT2D eigenvalue weighted by Gasteiger charge is -2.48. The molecule has 1 atom stereocenters. The highest BCUT2D eigenvalue weighted by atomic mass is 16.5. The predicted molar refractivity (Wildman–Crippen MR) is 73.4 cm³/mol. The Hall–Kier alpha value is -1.55. The van der Waals surface area contributed by atoms with E-state index in [2.05, 4.69) is 0 Å². The van der Waals surface area contributed by atoms with Crippen LogP contribution in [0, 0.1) is 11.8 Å². The van der Waals surface area contributed by atoms with E-state index in [9.17, 15) is 9.90 Å². The third-order valence-corrected chi connectivity index (χ3v) is 4.81. The Balaban J connectivity index is 1.41. The molecule has 1 aromatic rings. The van der Waals surface area contributed by atoms with Crippen LogP contribution in [0.4, 0.5) is 0 Å². The SMILES string of the molecule is O=C(C1COc2ccccc2C1)N1CC(O)(C2CC2)C1. The molecule has 4 rings (SSSR count). The Morgan fingerprint density at radius 2 is 2.05 bits per heavy atom. The minimum absolute atomic E-state index is 0.103. The van der Waals surface area contributed by atoms with Crippen LogP contribution in [0.2, 0.25) is 0 Å². The number of para-hydroxylation sites is 1. The van der Waals surface area contributed by atoms with Gasteiger partial charge >= 0.3 is 0 Å². The summed E-state index contributed by atoms with van der Waals surface area (Å²) in [5, 5.41) is 10.3. The van der Waals surface area contributed by atoms with E-state index in [1.807, 2.05) is 24.3 Å². The normalized spacial score (nSPS) is 27.2. The lowest BCUT2D eigenvalue weighted by Crippen LogP contribution is -2.66. The van der Waals surface area contributed by atoms with Crippen molar-refractivity contribution in [3.63, 3.8) is 0 Å². The van der Waals surface area contributed by atoms with E-state index in [1.165, 1.54) is 0 Å². The predicted octanol–water partition coefficient (Wildman–Crippen LogP) is 1.22. The zero-order valence-electron chi connectivity index (χ0n) is 11.4.